The van der Waals surface area contributed by atoms with E-state index in [2.05, 4.69) is 0 Å². The number of carbonyl (C=O) groups excluding carboxylic acids is 2. The average molecular weight is 282 g/mol. The highest BCUT2D eigenvalue weighted by Gasteiger charge is 2.41. The van der Waals surface area contributed by atoms with E-state index in [-0.39, 0.29) is 18.4 Å². The van der Waals surface area contributed by atoms with Gasteiger partial charge in [0, 0.05) is 38.9 Å². The van der Waals surface area contributed by atoms with Gasteiger partial charge in [0.25, 0.3) is 0 Å². The summed E-state index contributed by atoms with van der Waals surface area (Å²) in [7, 11) is 0. The molecule has 0 bridgehead atoms. The van der Waals surface area contributed by atoms with Crippen LogP contribution in [0.2, 0.25) is 0 Å². The summed E-state index contributed by atoms with van der Waals surface area (Å²) in [6, 6.07) is 0. The molecule has 0 unspecified atom stereocenters. The highest BCUT2D eigenvalue weighted by atomic mass is 16.7. The van der Waals surface area contributed by atoms with Gasteiger partial charge in [0.1, 0.15) is 0 Å². The third-order valence-corrected chi connectivity index (χ3v) is 4.44. The second-order valence-corrected chi connectivity index (χ2v) is 5.76. The molecule has 0 atom stereocenters. The summed E-state index contributed by atoms with van der Waals surface area (Å²) in [4.78, 5) is 27.5. The van der Waals surface area contributed by atoms with Crippen LogP contribution in [0.5, 0.6) is 0 Å². The lowest BCUT2D eigenvalue weighted by Gasteiger charge is -2.38. The van der Waals surface area contributed by atoms with Crippen molar-refractivity contribution in [2.24, 2.45) is 0 Å². The molecule has 0 aliphatic carbocycles. The van der Waals surface area contributed by atoms with Crippen molar-refractivity contribution in [3.63, 3.8) is 0 Å². The minimum Gasteiger partial charge on any atom is -0.347 e. The molecule has 20 heavy (non-hydrogen) atoms. The highest BCUT2D eigenvalue weighted by molar-refractivity contribution is 5.85. The molecule has 3 saturated heterocycles. The monoisotopic (exact) mass is 282 g/mol. The van der Waals surface area contributed by atoms with Crippen LogP contribution in [0, 0.1) is 0 Å². The van der Waals surface area contributed by atoms with E-state index in [0.717, 1.165) is 25.7 Å². The largest absolute Gasteiger partial charge is 0.347 e. The smallest absolute Gasteiger partial charge is 0.242 e. The Morgan fingerprint density at radius 1 is 1.10 bits per heavy atom. The molecule has 0 aromatic carbocycles. The molecule has 1 spiro atoms. The van der Waals surface area contributed by atoms with Crippen LogP contribution in [0.1, 0.15) is 32.1 Å². The number of hydrogen-bond acceptors (Lipinski definition) is 4. The fourth-order valence-electron chi connectivity index (χ4n) is 3.17. The van der Waals surface area contributed by atoms with E-state index in [0.29, 0.717) is 39.3 Å². The summed E-state index contributed by atoms with van der Waals surface area (Å²) in [6.45, 7) is 3.55. The van der Waals surface area contributed by atoms with Gasteiger partial charge in [0.2, 0.25) is 11.8 Å². The van der Waals surface area contributed by atoms with Crippen LogP contribution in [0.3, 0.4) is 0 Å². The standard InChI is InChI=1S/C14H22N2O4/c17-12-3-1-2-6-16(12)11-13(18)15-7-4-14(5-8-15)19-9-10-20-14/h1-11H2. The van der Waals surface area contributed by atoms with Gasteiger partial charge in [-0.2, -0.15) is 0 Å². The number of likely N-dealkylation sites (tertiary alicyclic amines) is 2. The fraction of sp³-hybridized carbons (Fsp3) is 0.857. The molecule has 112 valence electrons. The lowest BCUT2D eigenvalue weighted by molar-refractivity contribution is -0.187. The molecule has 3 fully saturated rings. The van der Waals surface area contributed by atoms with E-state index in [1.54, 1.807) is 4.90 Å². The summed E-state index contributed by atoms with van der Waals surface area (Å²) in [5.41, 5.74) is 0. The second kappa shape index (κ2) is 5.69. The van der Waals surface area contributed by atoms with Crippen molar-refractivity contribution in [3.8, 4) is 0 Å². The molecule has 0 radical (unpaired) electrons. The minimum absolute atomic E-state index is 0.0492. The van der Waals surface area contributed by atoms with E-state index >= 15 is 0 Å². The maximum Gasteiger partial charge on any atom is 0.242 e. The van der Waals surface area contributed by atoms with Gasteiger partial charge in [-0.25, -0.2) is 0 Å². The number of nitrogens with zero attached hydrogens (tertiary/aromatic N) is 2. The zero-order valence-corrected chi connectivity index (χ0v) is 11.8. The fourth-order valence-corrected chi connectivity index (χ4v) is 3.17. The quantitative estimate of drug-likeness (QED) is 0.734. The summed E-state index contributed by atoms with van der Waals surface area (Å²) in [5, 5.41) is 0. The van der Waals surface area contributed by atoms with Gasteiger partial charge < -0.3 is 19.3 Å². The molecule has 0 saturated carbocycles. The third-order valence-electron chi connectivity index (χ3n) is 4.44. The number of carbonyl (C=O) groups is 2. The van der Waals surface area contributed by atoms with Crippen molar-refractivity contribution in [2.75, 3.05) is 39.4 Å². The first-order valence-corrected chi connectivity index (χ1v) is 7.52. The third kappa shape index (κ3) is 2.81. The Labute approximate surface area is 119 Å². The normalized spacial score (nSPS) is 26.3. The molecule has 3 aliphatic heterocycles. The lowest BCUT2D eigenvalue weighted by Crippen LogP contribution is -2.51. The van der Waals surface area contributed by atoms with Crippen molar-refractivity contribution in [1.82, 2.24) is 9.80 Å². The number of ether oxygens (including phenoxy) is 2. The maximum atomic E-state index is 12.3. The summed E-state index contributed by atoms with van der Waals surface area (Å²) >= 11 is 0. The first kappa shape index (κ1) is 13.8. The Morgan fingerprint density at radius 3 is 2.45 bits per heavy atom. The summed E-state index contributed by atoms with van der Waals surface area (Å²) < 4.78 is 11.3. The summed E-state index contributed by atoms with van der Waals surface area (Å²) in [6.07, 6.45) is 3.99. The van der Waals surface area contributed by atoms with Crippen molar-refractivity contribution in [2.45, 2.75) is 37.9 Å². The molecule has 0 aromatic heterocycles. The van der Waals surface area contributed by atoms with E-state index in [9.17, 15) is 9.59 Å². The minimum atomic E-state index is -0.447. The molecule has 2 amide bonds. The zero-order valence-electron chi connectivity index (χ0n) is 11.8. The van der Waals surface area contributed by atoms with Gasteiger partial charge in [-0.15, -0.1) is 0 Å². The van der Waals surface area contributed by atoms with Gasteiger partial charge in [0.05, 0.1) is 19.8 Å². The Hall–Kier alpha value is -1.14. The molecular weight excluding hydrogens is 260 g/mol. The van der Waals surface area contributed by atoms with Crippen LogP contribution < -0.4 is 0 Å². The zero-order chi connectivity index (χ0) is 14.0. The molecule has 3 heterocycles. The lowest BCUT2D eigenvalue weighted by atomic mass is 10.0. The Balaban J connectivity index is 1.50. The topological polar surface area (TPSA) is 59.1 Å². The van der Waals surface area contributed by atoms with Crippen molar-refractivity contribution in [3.05, 3.63) is 0 Å². The van der Waals surface area contributed by atoms with Crippen LogP contribution in [-0.4, -0.2) is 66.8 Å². The number of amides is 2. The predicted octanol–water partition coefficient (Wildman–Crippen LogP) is 0.364. The van der Waals surface area contributed by atoms with Crippen molar-refractivity contribution in [1.29, 1.82) is 0 Å². The first-order chi connectivity index (χ1) is 9.69. The van der Waals surface area contributed by atoms with Crippen LogP contribution in [0.4, 0.5) is 0 Å². The number of piperidine rings is 2. The van der Waals surface area contributed by atoms with Gasteiger partial charge >= 0.3 is 0 Å². The Morgan fingerprint density at radius 2 is 1.80 bits per heavy atom. The number of rotatable bonds is 2. The van der Waals surface area contributed by atoms with Gasteiger partial charge in [-0.1, -0.05) is 0 Å². The number of hydrogen-bond donors (Lipinski definition) is 0. The van der Waals surface area contributed by atoms with E-state index < -0.39 is 5.79 Å². The SMILES string of the molecule is O=C(CN1CCCCC1=O)N1CCC2(CC1)OCCO2. The molecular formula is C14H22N2O4. The van der Waals surface area contributed by atoms with Gasteiger partial charge in [-0.05, 0) is 12.8 Å². The first-order valence-electron chi connectivity index (χ1n) is 7.52. The summed E-state index contributed by atoms with van der Waals surface area (Å²) in [5.74, 6) is -0.286. The molecule has 3 rings (SSSR count). The average Bonchev–Trinajstić information content (AvgIpc) is 2.90. The molecule has 0 aromatic rings. The van der Waals surface area contributed by atoms with Gasteiger partial charge in [-0.3, -0.25) is 9.59 Å². The maximum absolute atomic E-state index is 12.3. The molecule has 0 N–H and O–H groups in total. The molecule has 6 heteroatoms. The van der Waals surface area contributed by atoms with Crippen LogP contribution in [0.15, 0.2) is 0 Å². The van der Waals surface area contributed by atoms with Crippen molar-refractivity contribution >= 4 is 11.8 Å². The van der Waals surface area contributed by atoms with Crippen molar-refractivity contribution < 1.29 is 19.1 Å². The van der Waals surface area contributed by atoms with Crippen LogP contribution in [-0.2, 0) is 19.1 Å². The van der Waals surface area contributed by atoms with Crippen LogP contribution in [0.25, 0.3) is 0 Å². The molecule has 3 aliphatic rings. The second-order valence-electron chi connectivity index (χ2n) is 5.76. The van der Waals surface area contributed by atoms with E-state index in [4.69, 9.17) is 9.47 Å². The van der Waals surface area contributed by atoms with Gasteiger partial charge in [0.15, 0.2) is 5.79 Å². The van der Waals surface area contributed by atoms with E-state index in [1.807, 2.05) is 4.90 Å². The Bertz CT molecular complexity index is 383. The highest BCUT2D eigenvalue weighted by Crippen LogP contribution is 2.31. The van der Waals surface area contributed by atoms with Crippen LogP contribution >= 0.6 is 0 Å². The van der Waals surface area contributed by atoms with E-state index in [1.165, 1.54) is 0 Å². The molecule has 6 nitrogen and oxygen atoms in total. The predicted molar refractivity (Wildman–Crippen MR) is 70.9 cm³/mol. The Kier molecular flexibility index (Phi) is 3.94.